The van der Waals surface area contributed by atoms with Crippen molar-refractivity contribution in [1.82, 2.24) is 10.2 Å². The molecule has 2 atom stereocenters. The van der Waals surface area contributed by atoms with Crippen molar-refractivity contribution in [3.8, 4) is 0 Å². The maximum atomic E-state index is 11.3. The molecular weight excluding hydrogens is 184 g/mol. The van der Waals surface area contributed by atoms with Crippen LogP contribution in [-0.4, -0.2) is 29.3 Å². The van der Waals surface area contributed by atoms with Crippen molar-refractivity contribution in [2.24, 2.45) is 11.8 Å². The van der Waals surface area contributed by atoms with Crippen LogP contribution in [0, 0.1) is 11.8 Å². The van der Waals surface area contributed by atoms with Gasteiger partial charge in [0.25, 0.3) is 0 Å². The summed E-state index contributed by atoms with van der Waals surface area (Å²) in [5, 5.41) is 2.13. The van der Waals surface area contributed by atoms with Crippen molar-refractivity contribution in [2.75, 3.05) is 6.54 Å². The largest absolute Gasteiger partial charge is 0.330 e. The Balaban J connectivity index is 1.99. The van der Waals surface area contributed by atoms with E-state index in [-0.39, 0.29) is 12.3 Å². The molecule has 2 fully saturated rings. The van der Waals surface area contributed by atoms with Crippen molar-refractivity contribution < 1.29 is 14.4 Å². The van der Waals surface area contributed by atoms with Crippen LogP contribution in [0.2, 0.25) is 0 Å². The van der Waals surface area contributed by atoms with E-state index in [2.05, 4.69) is 12.2 Å². The molecule has 4 amide bonds. The zero-order chi connectivity index (χ0) is 10.3. The van der Waals surface area contributed by atoms with Gasteiger partial charge in [-0.2, -0.15) is 0 Å². The first-order valence-electron chi connectivity index (χ1n) is 4.72. The van der Waals surface area contributed by atoms with Crippen LogP contribution in [0.1, 0.15) is 19.8 Å². The maximum Gasteiger partial charge on any atom is 0.330 e. The van der Waals surface area contributed by atoms with E-state index < -0.39 is 11.9 Å². The van der Waals surface area contributed by atoms with Crippen molar-refractivity contribution in [1.29, 1.82) is 0 Å². The van der Waals surface area contributed by atoms with Crippen LogP contribution in [0.5, 0.6) is 0 Å². The van der Waals surface area contributed by atoms with E-state index in [9.17, 15) is 14.4 Å². The third-order valence-electron chi connectivity index (χ3n) is 2.80. The number of amides is 4. The number of carbonyl (C=O) groups excluding carboxylic acids is 3. The van der Waals surface area contributed by atoms with Gasteiger partial charge in [-0.3, -0.25) is 19.8 Å². The number of urea groups is 1. The number of nitrogens with one attached hydrogen (secondary N) is 1. The molecule has 0 bridgehead atoms. The highest BCUT2D eigenvalue weighted by Crippen LogP contribution is 2.38. The number of imide groups is 2. The number of hydrogen-bond acceptors (Lipinski definition) is 3. The number of hydrogen-bond donors (Lipinski definition) is 1. The van der Waals surface area contributed by atoms with Crippen LogP contribution >= 0.6 is 0 Å². The Morgan fingerprint density at radius 2 is 2.07 bits per heavy atom. The molecule has 1 aliphatic carbocycles. The molecule has 1 saturated heterocycles. The molecule has 0 aromatic heterocycles. The molecule has 0 aromatic rings. The van der Waals surface area contributed by atoms with Crippen LogP contribution in [0.3, 0.4) is 0 Å². The average Bonchev–Trinajstić information content (AvgIpc) is 2.74. The van der Waals surface area contributed by atoms with Gasteiger partial charge >= 0.3 is 6.03 Å². The molecule has 1 heterocycles. The third-order valence-corrected chi connectivity index (χ3v) is 2.80. The second-order valence-electron chi connectivity index (χ2n) is 4.01. The molecule has 1 saturated carbocycles. The fourth-order valence-electron chi connectivity index (χ4n) is 1.65. The molecule has 5 heteroatoms. The van der Waals surface area contributed by atoms with E-state index >= 15 is 0 Å². The van der Waals surface area contributed by atoms with Crippen molar-refractivity contribution in [2.45, 2.75) is 19.8 Å². The lowest BCUT2D eigenvalue weighted by Crippen LogP contribution is -2.53. The molecule has 0 spiro atoms. The van der Waals surface area contributed by atoms with Gasteiger partial charge in [-0.25, -0.2) is 4.79 Å². The summed E-state index contributed by atoms with van der Waals surface area (Å²) in [6.45, 7) is 2.54. The summed E-state index contributed by atoms with van der Waals surface area (Å²) in [5.74, 6) is 0.143. The van der Waals surface area contributed by atoms with Gasteiger partial charge in [0.05, 0.1) is 0 Å². The number of nitrogens with zero attached hydrogens (tertiary/aromatic N) is 1. The van der Waals surface area contributed by atoms with Gasteiger partial charge in [-0.05, 0) is 18.3 Å². The van der Waals surface area contributed by atoms with Crippen molar-refractivity contribution >= 4 is 17.8 Å². The monoisotopic (exact) mass is 196 g/mol. The van der Waals surface area contributed by atoms with E-state index in [4.69, 9.17) is 0 Å². The summed E-state index contributed by atoms with van der Waals surface area (Å²) in [6.07, 6.45) is 0.859. The highest BCUT2D eigenvalue weighted by molar-refractivity contribution is 6.14. The van der Waals surface area contributed by atoms with Gasteiger partial charge in [-0.15, -0.1) is 0 Å². The zero-order valence-corrected chi connectivity index (χ0v) is 7.95. The first-order valence-corrected chi connectivity index (χ1v) is 4.72. The average molecular weight is 196 g/mol. The molecule has 2 rings (SSSR count). The van der Waals surface area contributed by atoms with Gasteiger partial charge < -0.3 is 0 Å². The number of barbiturate groups is 1. The van der Waals surface area contributed by atoms with E-state index in [0.717, 1.165) is 11.3 Å². The minimum atomic E-state index is -0.564. The van der Waals surface area contributed by atoms with Crippen LogP contribution in [0.4, 0.5) is 4.79 Å². The molecule has 76 valence electrons. The zero-order valence-electron chi connectivity index (χ0n) is 7.95. The normalized spacial score (nSPS) is 31.8. The van der Waals surface area contributed by atoms with Crippen LogP contribution in [0.15, 0.2) is 0 Å². The van der Waals surface area contributed by atoms with Crippen molar-refractivity contribution in [3.63, 3.8) is 0 Å². The fourth-order valence-corrected chi connectivity index (χ4v) is 1.65. The van der Waals surface area contributed by atoms with E-state index in [0.29, 0.717) is 18.4 Å². The second kappa shape index (κ2) is 3.08. The lowest BCUT2D eigenvalue weighted by molar-refractivity contribution is -0.136. The fraction of sp³-hybridized carbons (Fsp3) is 0.667. The highest BCUT2D eigenvalue weighted by Gasteiger charge is 2.39. The Bertz CT molecular complexity index is 293. The van der Waals surface area contributed by atoms with E-state index in [1.165, 1.54) is 0 Å². The minimum absolute atomic E-state index is 0.202. The van der Waals surface area contributed by atoms with Crippen LogP contribution in [0.25, 0.3) is 0 Å². The lowest BCUT2D eigenvalue weighted by Gasteiger charge is -2.24. The number of carbonyl (C=O) groups is 3. The Kier molecular flexibility index (Phi) is 2.02. The molecule has 5 nitrogen and oxygen atoms in total. The van der Waals surface area contributed by atoms with Crippen molar-refractivity contribution in [3.05, 3.63) is 0 Å². The summed E-state index contributed by atoms with van der Waals surface area (Å²) >= 11 is 0. The molecule has 2 unspecified atom stereocenters. The highest BCUT2D eigenvalue weighted by atomic mass is 16.2. The molecule has 1 N–H and O–H groups in total. The topological polar surface area (TPSA) is 66.5 Å². The first kappa shape index (κ1) is 9.18. The van der Waals surface area contributed by atoms with E-state index in [1.54, 1.807) is 0 Å². The lowest BCUT2D eigenvalue weighted by atomic mass is 10.2. The molecule has 0 radical (unpaired) electrons. The molecule has 1 aliphatic heterocycles. The summed E-state index contributed by atoms with van der Waals surface area (Å²) in [6, 6.07) is -0.564. The van der Waals surface area contributed by atoms with Gasteiger partial charge in [0.1, 0.15) is 6.42 Å². The van der Waals surface area contributed by atoms with E-state index in [1.807, 2.05) is 0 Å². The van der Waals surface area contributed by atoms with Crippen LogP contribution in [-0.2, 0) is 9.59 Å². The smallest absolute Gasteiger partial charge is 0.277 e. The molecule has 14 heavy (non-hydrogen) atoms. The molecular formula is C9H12N2O3. The Morgan fingerprint density at radius 1 is 1.43 bits per heavy atom. The van der Waals surface area contributed by atoms with Crippen LogP contribution < -0.4 is 5.32 Å². The third kappa shape index (κ3) is 1.62. The standard InChI is InChI=1S/C9H12N2O3/c1-5-2-6(5)4-11-8(13)3-7(12)10-9(11)14/h5-6H,2-4H2,1H3,(H,10,12,14). The Morgan fingerprint density at radius 3 is 2.57 bits per heavy atom. The predicted molar refractivity (Wildman–Crippen MR) is 47.1 cm³/mol. The van der Waals surface area contributed by atoms with Gasteiger partial charge in [-0.1, -0.05) is 6.92 Å². The second-order valence-corrected chi connectivity index (χ2v) is 4.01. The number of rotatable bonds is 2. The maximum absolute atomic E-state index is 11.3. The summed E-state index contributed by atoms with van der Waals surface area (Å²) in [4.78, 5) is 34.6. The predicted octanol–water partition coefficient (Wildman–Crippen LogP) is 0.111. The summed E-state index contributed by atoms with van der Waals surface area (Å²) in [5.41, 5.74) is 0. The molecule has 2 aliphatic rings. The SMILES string of the molecule is CC1CC1CN1C(=O)CC(=O)NC1=O. The summed E-state index contributed by atoms with van der Waals surface area (Å²) < 4.78 is 0. The van der Waals surface area contributed by atoms with Gasteiger partial charge in [0, 0.05) is 6.54 Å². The van der Waals surface area contributed by atoms with Gasteiger partial charge in [0.15, 0.2) is 0 Å². The van der Waals surface area contributed by atoms with Gasteiger partial charge in [0.2, 0.25) is 11.8 Å². The Labute approximate surface area is 81.4 Å². The molecule has 0 aromatic carbocycles. The first-order chi connectivity index (χ1) is 6.58. The Hall–Kier alpha value is -1.39. The minimum Gasteiger partial charge on any atom is -0.277 e. The summed E-state index contributed by atoms with van der Waals surface area (Å²) in [7, 11) is 0. The quantitative estimate of drug-likeness (QED) is 0.637.